The Balaban J connectivity index is 1.78. The van der Waals surface area contributed by atoms with Gasteiger partial charge in [-0.1, -0.05) is 42.5 Å². The lowest BCUT2D eigenvalue weighted by Gasteiger charge is -2.20. The molecule has 1 heterocycles. The first-order valence-corrected chi connectivity index (χ1v) is 9.01. The monoisotopic (exact) mass is 340 g/mol. The summed E-state index contributed by atoms with van der Waals surface area (Å²) in [5, 5.41) is 2.88. The van der Waals surface area contributed by atoms with Gasteiger partial charge in [-0.05, 0) is 35.9 Å². The fraction of sp³-hybridized carbons (Fsp3) is 0.0556. The van der Waals surface area contributed by atoms with Crippen LogP contribution in [0.2, 0.25) is 0 Å². The topological polar surface area (TPSA) is 60.5 Å². The van der Waals surface area contributed by atoms with Gasteiger partial charge in [0.15, 0.2) is 0 Å². The summed E-state index contributed by atoms with van der Waals surface area (Å²) in [5.41, 5.74) is 0.881. The molecule has 0 bridgehead atoms. The number of benzene rings is 2. The van der Waals surface area contributed by atoms with Crippen molar-refractivity contribution in [2.45, 2.75) is 6.54 Å². The predicted octanol–water partition coefficient (Wildman–Crippen LogP) is 4.44. The minimum atomic E-state index is -3.61. The van der Waals surface area contributed by atoms with E-state index in [4.69, 9.17) is 9.05 Å². The van der Waals surface area contributed by atoms with E-state index in [1.54, 1.807) is 36.7 Å². The van der Waals surface area contributed by atoms with Gasteiger partial charge in [-0.15, -0.1) is 0 Å². The first kappa shape index (κ1) is 16.2. The highest BCUT2D eigenvalue weighted by atomic mass is 31.2. The Bertz CT molecular complexity index is 753. The Kier molecular flexibility index (Phi) is 5.26. The van der Waals surface area contributed by atoms with Gasteiger partial charge in [0.2, 0.25) is 0 Å². The van der Waals surface area contributed by atoms with E-state index in [1.165, 1.54) is 0 Å². The quantitative estimate of drug-likeness (QED) is 0.645. The zero-order chi connectivity index (χ0) is 16.7. The second-order valence-electron chi connectivity index (χ2n) is 5.00. The fourth-order valence-corrected chi connectivity index (χ4v) is 3.36. The van der Waals surface area contributed by atoms with Crippen LogP contribution in [0.15, 0.2) is 85.2 Å². The summed E-state index contributed by atoms with van der Waals surface area (Å²) in [7, 11) is -3.61. The molecule has 24 heavy (non-hydrogen) atoms. The van der Waals surface area contributed by atoms with E-state index < -0.39 is 7.75 Å². The third-order valence-electron chi connectivity index (χ3n) is 3.14. The fourth-order valence-electron chi connectivity index (χ4n) is 2.01. The number of para-hydroxylation sites is 2. The van der Waals surface area contributed by atoms with Crippen molar-refractivity contribution in [3.8, 4) is 11.5 Å². The molecule has 0 radical (unpaired) electrons. The summed E-state index contributed by atoms with van der Waals surface area (Å²) in [6.07, 6.45) is 3.38. The molecule has 0 unspecified atom stereocenters. The number of hydrogen-bond donors (Lipinski definition) is 1. The summed E-state index contributed by atoms with van der Waals surface area (Å²) in [6.45, 7) is 0.310. The normalized spacial score (nSPS) is 11.0. The van der Waals surface area contributed by atoms with Crippen molar-refractivity contribution in [2.75, 3.05) is 0 Å². The van der Waals surface area contributed by atoms with Gasteiger partial charge in [-0.2, -0.15) is 5.09 Å². The lowest BCUT2D eigenvalue weighted by Crippen LogP contribution is -2.18. The van der Waals surface area contributed by atoms with Gasteiger partial charge in [0.05, 0.1) is 0 Å². The summed E-state index contributed by atoms with van der Waals surface area (Å²) < 4.78 is 24.4. The predicted molar refractivity (Wildman–Crippen MR) is 92.8 cm³/mol. The van der Waals surface area contributed by atoms with E-state index in [0.717, 1.165) is 5.56 Å². The average molecular weight is 340 g/mol. The van der Waals surface area contributed by atoms with Crippen LogP contribution in [-0.4, -0.2) is 4.98 Å². The maximum atomic E-state index is 13.1. The van der Waals surface area contributed by atoms with Crippen molar-refractivity contribution in [1.82, 2.24) is 10.1 Å². The first-order valence-electron chi connectivity index (χ1n) is 7.47. The van der Waals surface area contributed by atoms with Crippen LogP contribution in [0.5, 0.6) is 11.5 Å². The molecule has 1 aromatic heterocycles. The minimum Gasteiger partial charge on any atom is -0.405 e. The first-order chi connectivity index (χ1) is 11.7. The van der Waals surface area contributed by atoms with Crippen molar-refractivity contribution >= 4 is 7.75 Å². The van der Waals surface area contributed by atoms with Crippen LogP contribution in [0, 0.1) is 0 Å². The number of pyridine rings is 1. The molecule has 0 saturated heterocycles. The van der Waals surface area contributed by atoms with Gasteiger partial charge < -0.3 is 9.05 Å². The Labute approximate surface area is 140 Å². The van der Waals surface area contributed by atoms with Gasteiger partial charge in [0.25, 0.3) is 0 Å². The minimum absolute atomic E-state index is 0.310. The summed E-state index contributed by atoms with van der Waals surface area (Å²) in [6, 6.07) is 21.6. The molecule has 0 spiro atoms. The van der Waals surface area contributed by atoms with Crippen LogP contribution >= 0.6 is 7.75 Å². The van der Waals surface area contributed by atoms with Crippen molar-refractivity contribution in [3.63, 3.8) is 0 Å². The summed E-state index contributed by atoms with van der Waals surface area (Å²) in [4.78, 5) is 4.04. The molecule has 0 aliphatic heterocycles. The molecular formula is C18H17N2O3P. The number of aromatic nitrogens is 1. The molecule has 0 fully saturated rings. The molecular weight excluding hydrogens is 323 g/mol. The van der Waals surface area contributed by atoms with E-state index in [9.17, 15) is 4.57 Å². The van der Waals surface area contributed by atoms with Crippen molar-refractivity contribution in [3.05, 3.63) is 90.8 Å². The maximum Gasteiger partial charge on any atom is 0.513 e. The second kappa shape index (κ2) is 7.77. The van der Waals surface area contributed by atoms with Crippen molar-refractivity contribution < 1.29 is 13.6 Å². The molecule has 6 heteroatoms. The number of nitrogens with zero attached hydrogens (tertiary/aromatic N) is 1. The lowest BCUT2D eigenvalue weighted by atomic mass is 10.3. The van der Waals surface area contributed by atoms with Crippen LogP contribution in [-0.2, 0) is 11.1 Å². The van der Waals surface area contributed by atoms with Gasteiger partial charge in [-0.3, -0.25) is 4.98 Å². The molecule has 3 rings (SSSR count). The molecule has 3 aromatic rings. The molecule has 0 amide bonds. The highest BCUT2D eigenvalue weighted by Gasteiger charge is 2.28. The highest BCUT2D eigenvalue weighted by molar-refractivity contribution is 7.52. The van der Waals surface area contributed by atoms with Gasteiger partial charge in [0, 0.05) is 18.9 Å². The number of nitrogens with one attached hydrogen (secondary N) is 1. The molecule has 0 aliphatic rings. The standard InChI is InChI=1S/C18H17N2O3P/c21-24(22-17-9-3-1-4-10-17,23-18-11-5-2-6-12-18)20-15-16-8-7-13-19-14-16/h1-14H,15H2,(H,20,21). The van der Waals surface area contributed by atoms with Crippen LogP contribution in [0.4, 0.5) is 0 Å². The molecule has 5 nitrogen and oxygen atoms in total. The Morgan fingerprint density at radius 1 is 0.833 bits per heavy atom. The highest BCUT2D eigenvalue weighted by Crippen LogP contribution is 2.44. The lowest BCUT2D eigenvalue weighted by molar-refractivity contribution is 0.370. The zero-order valence-corrected chi connectivity index (χ0v) is 13.8. The Morgan fingerprint density at radius 3 is 1.92 bits per heavy atom. The van der Waals surface area contributed by atoms with E-state index in [0.29, 0.717) is 18.0 Å². The third kappa shape index (κ3) is 4.69. The largest absolute Gasteiger partial charge is 0.513 e. The molecule has 0 saturated carbocycles. The molecule has 122 valence electrons. The van der Waals surface area contributed by atoms with Crippen LogP contribution in [0.25, 0.3) is 0 Å². The maximum absolute atomic E-state index is 13.1. The van der Waals surface area contributed by atoms with E-state index >= 15 is 0 Å². The smallest absolute Gasteiger partial charge is 0.405 e. The third-order valence-corrected chi connectivity index (χ3v) is 4.58. The van der Waals surface area contributed by atoms with Crippen LogP contribution in [0.3, 0.4) is 0 Å². The second-order valence-corrected chi connectivity index (χ2v) is 6.68. The van der Waals surface area contributed by atoms with E-state index in [2.05, 4.69) is 10.1 Å². The Morgan fingerprint density at radius 2 is 1.42 bits per heavy atom. The molecule has 0 aliphatic carbocycles. The average Bonchev–Trinajstić information content (AvgIpc) is 2.63. The van der Waals surface area contributed by atoms with Crippen LogP contribution < -0.4 is 14.1 Å². The van der Waals surface area contributed by atoms with E-state index in [-0.39, 0.29) is 0 Å². The van der Waals surface area contributed by atoms with Crippen molar-refractivity contribution in [2.24, 2.45) is 0 Å². The Hall–Kier alpha value is -2.62. The van der Waals surface area contributed by atoms with Gasteiger partial charge in [-0.25, -0.2) is 4.57 Å². The summed E-state index contributed by atoms with van der Waals surface area (Å²) >= 11 is 0. The van der Waals surface area contributed by atoms with Crippen LogP contribution in [0.1, 0.15) is 5.56 Å². The van der Waals surface area contributed by atoms with Gasteiger partial charge in [0.1, 0.15) is 11.5 Å². The molecule has 1 N–H and O–H groups in total. The number of hydrogen-bond acceptors (Lipinski definition) is 4. The van der Waals surface area contributed by atoms with E-state index in [1.807, 2.05) is 48.5 Å². The number of rotatable bonds is 7. The molecule has 0 atom stereocenters. The zero-order valence-electron chi connectivity index (χ0n) is 12.9. The van der Waals surface area contributed by atoms with Gasteiger partial charge >= 0.3 is 7.75 Å². The molecule has 2 aromatic carbocycles. The SMILES string of the molecule is O=P(NCc1cccnc1)(Oc1ccccc1)Oc1ccccc1. The van der Waals surface area contributed by atoms with Crippen molar-refractivity contribution in [1.29, 1.82) is 0 Å². The summed E-state index contributed by atoms with van der Waals surface area (Å²) in [5.74, 6) is 0.936.